The number of piperazine rings is 1. The first-order valence-corrected chi connectivity index (χ1v) is 7.20. The lowest BCUT2D eigenvalue weighted by molar-refractivity contribution is 0.183. The molecule has 1 aromatic rings. The minimum Gasteiger partial charge on any atom is -0.497 e. The number of hydrogen-bond donors (Lipinski definition) is 1. The van der Waals surface area contributed by atoms with Gasteiger partial charge in [-0.3, -0.25) is 4.90 Å². The van der Waals surface area contributed by atoms with E-state index in [1.54, 1.807) is 7.11 Å². The topological polar surface area (TPSA) is 24.5 Å². The molecule has 3 heteroatoms. The number of nitrogens with zero attached hydrogens (tertiary/aromatic N) is 1. The quantitative estimate of drug-likeness (QED) is 0.900. The minimum atomic E-state index is 0.605. The van der Waals surface area contributed by atoms with Gasteiger partial charge in [-0.25, -0.2) is 0 Å². The van der Waals surface area contributed by atoms with Crippen molar-refractivity contribution in [2.75, 3.05) is 33.3 Å². The zero-order valence-electron chi connectivity index (χ0n) is 12.6. The van der Waals surface area contributed by atoms with Gasteiger partial charge in [0.05, 0.1) is 7.11 Å². The molecule has 0 aliphatic carbocycles. The molecular formula is C16H26N2O. The molecular weight excluding hydrogens is 236 g/mol. The maximum Gasteiger partial charge on any atom is 0.119 e. The molecule has 1 aliphatic heterocycles. The SMILES string of the molecule is COc1cc(C)c(CC(C)N2CCNCC2)c(C)c1. The summed E-state index contributed by atoms with van der Waals surface area (Å²) in [6.45, 7) is 11.3. The molecule has 1 N–H and O–H groups in total. The monoisotopic (exact) mass is 262 g/mol. The second-order valence-corrected chi connectivity index (χ2v) is 5.58. The molecule has 0 saturated carbocycles. The summed E-state index contributed by atoms with van der Waals surface area (Å²) in [5.74, 6) is 0.966. The third kappa shape index (κ3) is 3.48. The number of rotatable bonds is 4. The predicted octanol–water partition coefficient (Wildman–Crippen LogP) is 2.15. The molecule has 1 atom stereocenters. The first-order chi connectivity index (χ1) is 9.11. The molecule has 1 aromatic carbocycles. The summed E-state index contributed by atoms with van der Waals surface area (Å²) in [6, 6.07) is 4.90. The lowest BCUT2D eigenvalue weighted by Gasteiger charge is -2.33. The van der Waals surface area contributed by atoms with Crippen molar-refractivity contribution in [2.24, 2.45) is 0 Å². The molecule has 0 amide bonds. The highest BCUT2D eigenvalue weighted by Gasteiger charge is 2.18. The fourth-order valence-corrected chi connectivity index (χ4v) is 2.94. The Morgan fingerprint density at radius 1 is 1.21 bits per heavy atom. The van der Waals surface area contributed by atoms with Crippen molar-refractivity contribution in [3.63, 3.8) is 0 Å². The van der Waals surface area contributed by atoms with Crippen molar-refractivity contribution in [1.29, 1.82) is 0 Å². The van der Waals surface area contributed by atoms with Crippen LogP contribution in [0.3, 0.4) is 0 Å². The highest BCUT2D eigenvalue weighted by atomic mass is 16.5. The maximum absolute atomic E-state index is 5.33. The molecule has 19 heavy (non-hydrogen) atoms. The second kappa shape index (κ2) is 6.40. The number of hydrogen-bond acceptors (Lipinski definition) is 3. The number of ether oxygens (including phenoxy) is 1. The Labute approximate surface area is 116 Å². The van der Waals surface area contributed by atoms with E-state index < -0.39 is 0 Å². The summed E-state index contributed by atoms with van der Waals surface area (Å²) in [7, 11) is 1.73. The van der Waals surface area contributed by atoms with E-state index in [1.807, 2.05) is 0 Å². The summed E-state index contributed by atoms with van der Waals surface area (Å²) in [4.78, 5) is 2.58. The average Bonchev–Trinajstić information content (AvgIpc) is 2.43. The summed E-state index contributed by atoms with van der Waals surface area (Å²) in [5.41, 5.74) is 4.17. The van der Waals surface area contributed by atoms with Crippen LogP contribution in [-0.4, -0.2) is 44.2 Å². The zero-order chi connectivity index (χ0) is 13.8. The summed E-state index contributed by atoms with van der Waals surface area (Å²) in [6.07, 6.45) is 1.13. The molecule has 2 rings (SSSR count). The van der Waals surface area contributed by atoms with Crippen LogP contribution in [0.4, 0.5) is 0 Å². The Kier molecular flexibility index (Phi) is 4.83. The van der Waals surface area contributed by atoms with Gasteiger partial charge in [0.15, 0.2) is 0 Å². The van der Waals surface area contributed by atoms with Crippen molar-refractivity contribution < 1.29 is 4.74 Å². The smallest absolute Gasteiger partial charge is 0.119 e. The molecule has 1 aliphatic rings. The summed E-state index contributed by atoms with van der Waals surface area (Å²) < 4.78 is 5.33. The summed E-state index contributed by atoms with van der Waals surface area (Å²) >= 11 is 0. The van der Waals surface area contributed by atoms with Crippen LogP contribution in [0.15, 0.2) is 12.1 Å². The molecule has 106 valence electrons. The maximum atomic E-state index is 5.33. The fraction of sp³-hybridized carbons (Fsp3) is 0.625. The summed E-state index contributed by atoms with van der Waals surface area (Å²) in [5, 5.41) is 3.41. The van der Waals surface area contributed by atoms with Crippen LogP contribution in [0.2, 0.25) is 0 Å². The normalized spacial score (nSPS) is 18.3. The Balaban J connectivity index is 2.09. The fourth-order valence-electron chi connectivity index (χ4n) is 2.94. The molecule has 1 fully saturated rings. The number of methoxy groups -OCH3 is 1. The van der Waals surface area contributed by atoms with Gasteiger partial charge in [-0.2, -0.15) is 0 Å². The highest BCUT2D eigenvalue weighted by molar-refractivity contribution is 5.41. The lowest BCUT2D eigenvalue weighted by atomic mass is 9.95. The van der Waals surface area contributed by atoms with E-state index in [0.29, 0.717) is 6.04 Å². The average molecular weight is 262 g/mol. The van der Waals surface area contributed by atoms with Crippen molar-refractivity contribution in [2.45, 2.75) is 33.2 Å². The van der Waals surface area contributed by atoms with Gasteiger partial charge in [0.25, 0.3) is 0 Å². The largest absolute Gasteiger partial charge is 0.497 e. The van der Waals surface area contributed by atoms with Crippen LogP contribution in [0.5, 0.6) is 5.75 Å². The molecule has 3 nitrogen and oxygen atoms in total. The van der Waals surface area contributed by atoms with E-state index in [0.717, 1.165) is 38.3 Å². The van der Waals surface area contributed by atoms with Crippen molar-refractivity contribution in [1.82, 2.24) is 10.2 Å². The molecule has 0 radical (unpaired) electrons. The third-order valence-corrected chi connectivity index (χ3v) is 4.18. The van der Waals surface area contributed by atoms with Gasteiger partial charge in [-0.05, 0) is 56.0 Å². The number of benzene rings is 1. The van der Waals surface area contributed by atoms with E-state index in [-0.39, 0.29) is 0 Å². The Bertz CT molecular complexity index is 402. The first-order valence-electron chi connectivity index (χ1n) is 7.20. The van der Waals surface area contributed by atoms with Crippen LogP contribution < -0.4 is 10.1 Å². The van der Waals surface area contributed by atoms with Crippen LogP contribution in [0.1, 0.15) is 23.6 Å². The van der Waals surface area contributed by atoms with Crippen LogP contribution in [0, 0.1) is 13.8 Å². The number of nitrogens with one attached hydrogen (secondary N) is 1. The molecule has 0 aromatic heterocycles. The second-order valence-electron chi connectivity index (χ2n) is 5.58. The van der Waals surface area contributed by atoms with Crippen LogP contribution in [0.25, 0.3) is 0 Å². The van der Waals surface area contributed by atoms with Gasteiger partial charge >= 0.3 is 0 Å². The van der Waals surface area contributed by atoms with E-state index >= 15 is 0 Å². The molecule has 1 saturated heterocycles. The Hall–Kier alpha value is -1.06. The van der Waals surface area contributed by atoms with Gasteiger partial charge in [-0.1, -0.05) is 0 Å². The van der Waals surface area contributed by atoms with Crippen LogP contribution >= 0.6 is 0 Å². The van der Waals surface area contributed by atoms with Gasteiger partial charge in [0.1, 0.15) is 5.75 Å². The van der Waals surface area contributed by atoms with Gasteiger partial charge in [-0.15, -0.1) is 0 Å². The van der Waals surface area contributed by atoms with E-state index in [2.05, 4.69) is 43.1 Å². The van der Waals surface area contributed by atoms with Gasteiger partial charge in [0.2, 0.25) is 0 Å². The van der Waals surface area contributed by atoms with E-state index in [1.165, 1.54) is 16.7 Å². The van der Waals surface area contributed by atoms with E-state index in [9.17, 15) is 0 Å². The van der Waals surface area contributed by atoms with Crippen molar-refractivity contribution in [3.05, 3.63) is 28.8 Å². The molecule has 1 unspecified atom stereocenters. The first kappa shape index (κ1) is 14.4. The number of aryl methyl sites for hydroxylation is 2. The molecule has 0 bridgehead atoms. The van der Waals surface area contributed by atoms with Gasteiger partial charge < -0.3 is 10.1 Å². The van der Waals surface area contributed by atoms with Gasteiger partial charge in [0, 0.05) is 32.2 Å². The highest BCUT2D eigenvalue weighted by Crippen LogP contribution is 2.23. The molecule has 0 spiro atoms. The van der Waals surface area contributed by atoms with E-state index in [4.69, 9.17) is 4.74 Å². The van der Waals surface area contributed by atoms with Crippen molar-refractivity contribution >= 4 is 0 Å². The Morgan fingerprint density at radius 2 is 1.79 bits per heavy atom. The minimum absolute atomic E-state index is 0.605. The van der Waals surface area contributed by atoms with Crippen molar-refractivity contribution in [3.8, 4) is 5.75 Å². The predicted molar refractivity (Wildman–Crippen MR) is 80.1 cm³/mol. The standard InChI is InChI=1S/C16H26N2O/c1-12-9-15(19-4)10-13(2)16(12)11-14(3)18-7-5-17-6-8-18/h9-10,14,17H,5-8,11H2,1-4H3. The molecule has 1 heterocycles. The Morgan fingerprint density at radius 3 is 2.32 bits per heavy atom. The zero-order valence-corrected chi connectivity index (χ0v) is 12.6. The third-order valence-electron chi connectivity index (χ3n) is 4.18. The lowest BCUT2D eigenvalue weighted by Crippen LogP contribution is -2.48. The van der Waals surface area contributed by atoms with Crippen LogP contribution in [-0.2, 0) is 6.42 Å².